The minimum atomic E-state index is -4.87. The Balaban J connectivity index is 1.54. The van der Waals surface area contributed by atoms with Gasteiger partial charge in [0.1, 0.15) is 5.75 Å². The molecule has 5 rings (SSSR count). The highest BCUT2D eigenvalue weighted by molar-refractivity contribution is 6.06. The maximum Gasteiger partial charge on any atom is 0.434 e. The standard InChI is InChI=1S/C22H14F3N5O3/c23-22(24,25)20-14(10-27-30(20)17-5-1-4-15-13(17)3-2-8-26-15)21(32)28-12-6-7-18-16(9-12)29-19(31)11-33-18/h1-10H,11H2,(H,28,32)(H,29,31). The summed E-state index contributed by atoms with van der Waals surface area (Å²) >= 11 is 0. The summed E-state index contributed by atoms with van der Waals surface area (Å²) in [5.74, 6) is -0.993. The molecule has 2 aromatic heterocycles. The average Bonchev–Trinajstić information content (AvgIpc) is 3.24. The Kier molecular flexibility index (Phi) is 4.73. The van der Waals surface area contributed by atoms with Gasteiger partial charge in [0.15, 0.2) is 12.3 Å². The van der Waals surface area contributed by atoms with Crippen LogP contribution in [0.4, 0.5) is 24.5 Å². The van der Waals surface area contributed by atoms with Crippen molar-refractivity contribution in [2.24, 2.45) is 0 Å². The summed E-state index contributed by atoms with van der Waals surface area (Å²) in [4.78, 5) is 28.5. The average molecular weight is 453 g/mol. The van der Waals surface area contributed by atoms with E-state index >= 15 is 0 Å². The van der Waals surface area contributed by atoms with Crippen LogP contribution >= 0.6 is 0 Å². The monoisotopic (exact) mass is 453 g/mol. The number of aromatic nitrogens is 3. The summed E-state index contributed by atoms with van der Waals surface area (Å²) in [6.45, 7) is -0.142. The smallest absolute Gasteiger partial charge is 0.434 e. The first-order valence-corrected chi connectivity index (χ1v) is 9.68. The summed E-state index contributed by atoms with van der Waals surface area (Å²) in [5, 5.41) is 9.33. The number of benzene rings is 2. The van der Waals surface area contributed by atoms with Crippen molar-refractivity contribution >= 4 is 34.1 Å². The predicted molar refractivity (Wildman–Crippen MR) is 112 cm³/mol. The molecule has 2 aromatic carbocycles. The van der Waals surface area contributed by atoms with E-state index in [2.05, 4.69) is 20.7 Å². The molecule has 3 heterocycles. The molecule has 0 fully saturated rings. The van der Waals surface area contributed by atoms with Gasteiger partial charge in [-0.3, -0.25) is 14.6 Å². The number of hydrogen-bond donors (Lipinski definition) is 2. The van der Waals surface area contributed by atoms with Gasteiger partial charge < -0.3 is 15.4 Å². The maximum atomic E-state index is 14.1. The molecule has 166 valence electrons. The number of anilines is 2. The van der Waals surface area contributed by atoms with Gasteiger partial charge in [0, 0.05) is 17.3 Å². The van der Waals surface area contributed by atoms with Crippen LogP contribution < -0.4 is 15.4 Å². The second-order valence-electron chi connectivity index (χ2n) is 7.17. The molecule has 0 atom stereocenters. The van der Waals surface area contributed by atoms with Gasteiger partial charge in [-0.1, -0.05) is 6.07 Å². The molecular weight excluding hydrogens is 439 g/mol. The molecule has 0 aliphatic carbocycles. The van der Waals surface area contributed by atoms with Gasteiger partial charge >= 0.3 is 6.18 Å². The van der Waals surface area contributed by atoms with E-state index in [9.17, 15) is 22.8 Å². The Morgan fingerprint density at radius 1 is 1.15 bits per heavy atom. The number of alkyl halides is 3. The van der Waals surface area contributed by atoms with E-state index in [-0.39, 0.29) is 23.9 Å². The highest BCUT2D eigenvalue weighted by Crippen LogP contribution is 2.36. The van der Waals surface area contributed by atoms with Gasteiger partial charge in [0.2, 0.25) is 0 Å². The normalized spacial score (nSPS) is 13.2. The molecule has 0 unspecified atom stereocenters. The lowest BCUT2D eigenvalue weighted by Crippen LogP contribution is -2.25. The van der Waals surface area contributed by atoms with Crippen molar-refractivity contribution in [2.75, 3.05) is 17.2 Å². The SMILES string of the molecule is O=C1COc2ccc(NC(=O)c3cnn(-c4cccc5ncccc45)c3C(F)(F)F)cc2N1. The topological polar surface area (TPSA) is 98.1 Å². The Hall–Kier alpha value is -4.41. The molecule has 33 heavy (non-hydrogen) atoms. The van der Waals surface area contributed by atoms with Crippen molar-refractivity contribution in [1.82, 2.24) is 14.8 Å². The predicted octanol–water partition coefficient (Wildman–Crippen LogP) is 4.02. The molecule has 0 spiro atoms. The second kappa shape index (κ2) is 7.62. The Labute approximate surface area is 184 Å². The molecule has 4 aromatic rings. The first kappa shape index (κ1) is 20.5. The fourth-order valence-electron chi connectivity index (χ4n) is 3.60. The number of carbonyl (C=O) groups excluding carboxylic acids is 2. The third-order valence-electron chi connectivity index (χ3n) is 5.00. The Morgan fingerprint density at radius 2 is 2.00 bits per heavy atom. The summed E-state index contributed by atoms with van der Waals surface area (Å²) in [7, 11) is 0. The second-order valence-corrected chi connectivity index (χ2v) is 7.17. The quantitative estimate of drug-likeness (QED) is 0.488. The van der Waals surface area contributed by atoms with Gasteiger partial charge in [-0.05, 0) is 42.5 Å². The third kappa shape index (κ3) is 3.73. The largest absolute Gasteiger partial charge is 0.482 e. The van der Waals surface area contributed by atoms with E-state index in [1.807, 2.05) is 0 Å². The molecule has 2 amide bonds. The van der Waals surface area contributed by atoms with E-state index in [4.69, 9.17) is 4.74 Å². The number of amides is 2. The van der Waals surface area contributed by atoms with Crippen LogP contribution in [0.5, 0.6) is 5.75 Å². The lowest BCUT2D eigenvalue weighted by Gasteiger charge is -2.18. The van der Waals surface area contributed by atoms with Crippen LogP contribution in [0.1, 0.15) is 16.1 Å². The van der Waals surface area contributed by atoms with Crippen molar-refractivity contribution < 1.29 is 27.5 Å². The van der Waals surface area contributed by atoms with E-state index < -0.39 is 23.3 Å². The van der Waals surface area contributed by atoms with Crippen molar-refractivity contribution in [2.45, 2.75) is 6.18 Å². The van der Waals surface area contributed by atoms with Crippen LogP contribution in [0.25, 0.3) is 16.6 Å². The number of ether oxygens (including phenoxy) is 1. The maximum absolute atomic E-state index is 14.1. The first-order chi connectivity index (χ1) is 15.8. The number of nitrogens with zero attached hydrogens (tertiary/aromatic N) is 3. The van der Waals surface area contributed by atoms with Gasteiger partial charge in [-0.15, -0.1) is 0 Å². The van der Waals surface area contributed by atoms with E-state index in [1.165, 1.54) is 30.5 Å². The number of hydrogen-bond acceptors (Lipinski definition) is 5. The van der Waals surface area contributed by atoms with Crippen LogP contribution in [0.3, 0.4) is 0 Å². The molecular formula is C22H14F3N5O3. The third-order valence-corrected chi connectivity index (χ3v) is 5.00. The van der Waals surface area contributed by atoms with Gasteiger partial charge in [0.05, 0.1) is 28.7 Å². The fraction of sp³-hybridized carbons (Fsp3) is 0.0909. The lowest BCUT2D eigenvalue weighted by atomic mass is 10.1. The van der Waals surface area contributed by atoms with Crippen molar-refractivity contribution in [3.05, 3.63) is 72.2 Å². The van der Waals surface area contributed by atoms with E-state index in [0.717, 1.165) is 6.20 Å². The van der Waals surface area contributed by atoms with Crippen LogP contribution in [0, 0.1) is 0 Å². The highest BCUT2D eigenvalue weighted by Gasteiger charge is 2.41. The zero-order valence-electron chi connectivity index (χ0n) is 16.7. The molecule has 0 saturated carbocycles. The summed E-state index contributed by atoms with van der Waals surface area (Å²) < 4.78 is 48.2. The molecule has 8 nitrogen and oxygen atoms in total. The van der Waals surface area contributed by atoms with Crippen molar-refractivity contribution in [3.63, 3.8) is 0 Å². The molecule has 1 aliphatic heterocycles. The number of nitrogens with one attached hydrogen (secondary N) is 2. The molecule has 11 heteroatoms. The van der Waals surface area contributed by atoms with E-state index in [0.29, 0.717) is 27.0 Å². The minimum Gasteiger partial charge on any atom is -0.482 e. The number of halogens is 3. The fourth-order valence-corrected chi connectivity index (χ4v) is 3.60. The molecule has 0 saturated heterocycles. The van der Waals surface area contributed by atoms with Gasteiger partial charge in [0.25, 0.3) is 11.8 Å². The molecule has 0 bridgehead atoms. The zero-order chi connectivity index (χ0) is 23.2. The van der Waals surface area contributed by atoms with Gasteiger partial charge in [-0.2, -0.15) is 18.3 Å². The minimum absolute atomic E-state index is 0.139. The van der Waals surface area contributed by atoms with Crippen molar-refractivity contribution in [3.8, 4) is 11.4 Å². The van der Waals surface area contributed by atoms with Gasteiger partial charge in [-0.25, -0.2) is 4.68 Å². The lowest BCUT2D eigenvalue weighted by molar-refractivity contribution is -0.143. The van der Waals surface area contributed by atoms with Crippen molar-refractivity contribution in [1.29, 1.82) is 0 Å². The Morgan fingerprint density at radius 3 is 2.82 bits per heavy atom. The zero-order valence-corrected chi connectivity index (χ0v) is 16.7. The van der Waals surface area contributed by atoms with Crippen LogP contribution in [0.2, 0.25) is 0 Å². The number of pyridine rings is 1. The Bertz CT molecular complexity index is 1410. The van der Waals surface area contributed by atoms with Crippen LogP contribution in [-0.2, 0) is 11.0 Å². The highest BCUT2D eigenvalue weighted by atomic mass is 19.4. The number of carbonyl (C=O) groups is 2. The number of rotatable bonds is 3. The van der Waals surface area contributed by atoms with E-state index in [1.54, 1.807) is 24.3 Å². The molecule has 2 N–H and O–H groups in total. The summed E-state index contributed by atoms with van der Waals surface area (Å²) in [5.41, 5.74) is -0.755. The molecule has 1 aliphatic rings. The number of fused-ring (bicyclic) bond motifs is 2. The molecule has 0 radical (unpaired) electrons. The first-order valence-electron chi connectivity index (χ1n) is 9.68. The summed E-state index contributed by atoms with van der Waals surface area (Å²) in [6, 6.07) is 12.3. The summed E-state index contributed by atoms with van der Waals surface area (Å²) in [6.07, 6.45) is -2.47. The van der Waals surface area contributed by atoms with Crippen LogP contribution in [0.15, 0.2) is 60.9 Å². The van der Waals surface area contributed by atoms with Crippen LogP contribution in [-0.4, -0.2) is 33.2 Å².